The van der Waals surface area contributed by atoms with Gasteiger partial charge in [-0.25, -0.2) is 9.98 Å². The summed E-state index contributed by atoms with van der Waals surface area (Å²) in [7, 11) is 2.03. The number of rotatable bonds is 5. The quantitative estimate of drug-likeness (QED) is 0.656. The van der Waals surface area contributed by atoms with E-state index in [-0.39, 0.29) is 0 Å². The van der Waals surface area contributed by atoms with Gasteiger partial charge in [0.2, 0.25) is 6.79 Å². The maximum Gasteiger partial charge on any atom is 0.231 e. The van der Waals surface area contributed by atoms with Crippen molar-refractivity contribution in [3.8, 4) is 11.5 Å². The van der Waals surface area contributed by atoms with E-state index in [1.54, 1.807) is 11.3 Å². The molecule has 0 aliphatic carbocycles. The predicted octanol–water partition coefficient (Wildman–Crippen LogP) is 3.09. The van der Waals surface area contributed by atoms with Gasteiger partial charge in [0.25, 0.3) is 0 Å². The van der Waals surface area contributed by atoms with Crippen molar-refractivity contribution in [2.24, 2.45) is 4.99 Å². The Balaban J connectivity index is 1.69. The van der Waals surface area contributed by atoms with Gasteiger partial charge in [0.15, 0.2) is 17.5 Å². The molecule has 0 amide bonds. The highest BCUT2D eigenvalue weighted by Gasteiger charge is 2.15. The van der Waals surface area contributed by atoms with Crippen LogP contribution < -0.4 is 14.8 Å². The third-order valence-corrected chi connectivity index (χ3v) is 5.05. The van der Waals surface area contributed by atoms with E-state index in [2.05, 4.69) is 35.1 Å². The number of aryl methyl sites for hydroxylation is 2. The normalized spacial score (nSPS) is 13.2. The first-order valence-corrected chi connectivity index (χ1v) is 9.19. The molecule has 1 N–H and O–H groups in total. The zero-order chi connectivity index (χ0) is 17.8. The van der Waals surface area contributed by atoms with E-state index in [1.165, 1.54) is 4.88 Å². The van der Waals surface area contributed by atoms with Crippen LogP contribution in [-0.2, 0) is 13.1 Å². The Morgan fingerprint density at radius 3 is 2.84 bits per heavy atom. The molecule has 0 spiro atoms. The molecule has 1 aliphatic heterocycles. The summed E-state index contributed by atoms with van der Waals surface area (Å²) < 4.78 is 10.8. The monoisotopic (exact) mass is 360 g/mol. The van der Waals surface area contributed by atoms with Gasteiger partial charge < -0.3 is 19.7 Å². The summed E-state index contributed by atoms with van der Waals surface area (Å²) in [5.41, 5.74) is 2.24. The second-order valence-corrected chi connectivity index (χ2v) is 7.25. The minimum Gasteiger partial charge on any atom is -0.454 e. The molecule has 1 aromatic carbocycles. The van der Waals surface area contributed by atoms with Crippen LogP contribution in [-0.4, -0.2) is 36.2 Å². The number of nitrogens with zero attached hydrogens (tertiary/aromatic N) is 3. The Labute approximate surface area is 152 Å². The van der Waals surface area contributed by atoms with Gasteiger partial charge in [0.1, 0.15) is 5.01 Å². The highest BCUT2D eigenvalue weighted by molar-refractivity contribution is 7.11. The standard InChI is InChI=1S/C18H24N4O2S/c1-5-19-18(20-9-17-21-12(2)13(3)25-17)22(4)10-14-6-7-15-16(8-14)24-11-23-15/h6-8H,5,9-11H2,1-4H3,(H,19,20). The van der Waals surface area contributed by atoms with E-state index in [1.807, 2.05) is 26.1 Å². The minimum absolute atomic E-state index is 0.297. The largest absolute Gasteiger partial charge is 0.454 e. The van der Waals surface area contributed by atoms with Crippen LogP contribution in [0.3, 0.4) is 0 Å². The highest BCUT2D eigenvalue weighted by Crippen LogP contribution is 2.32. The third kappa shape index (κ3) is 4.22. The maximum atomic E-state index is 5.45. The molecule has 6 nitrogen and oxygen atoms in total. The smallest absolute Gasteiger partial charge is 0.231 e. The van der Waals surface area contributed by atoms with Crippen molar-refractivity contribution in [2.75, 3.05) is 20.4 Å². The number of ether oxygens (including phenoxy) is 2. The molecular weight excluding hydrogens is 336 g/mol. The second kappa shape index (κ2) is 7.74. The number of hydrogen-bond acceptors (Lipinski definition) is 5. The highest BCUT2D eigenvalue weighted by atomic mass is 32.1. The van der Waals surface area contributed by atoms with Crippen LogP contribution in [0.4, 0.5) is 0 Å². The second-order valence-electron chi connectivity index (χ2n) is 5.96. The van der Waals surface area contributed by atoms with Crippen molar-refractivity contribution in [2.45, 2.75) is 33.9 Å². The van der Waals surface area contributed by atoms with Crippen LogP contribution >= 0.6 is 11.3 Å². The number of nitrogens with one attached hydrogen (secondary N) is 1. The molecule has 2 heterocycles. The summed E-state index contributed by atoms with van der Waals surface area (Å²) in [4.78, 5) is 12.6. The van der Waals surface area contributed by atoms with E-state index >= 15 is 0 Å². The Hall–Kier alpha value is -2.28. The van der Waals surface area contributed by atoms with Gasteiger partial charge in [-0.15, -0.1) is 11.3 Å². The molecule has 1 aromatic heterocycles. The molecule has 134 valence electrons. The van der Waals surface area contributed by atoms with Crippen molar-refractivity contribution in [3.63, 3.8) is 0 Å². The van der Waals surface area contributed by atoms with Crippen molar-refractivity contribution in [3.05, 3.63) is 39.3 Å². The van der Waals surface area contributed by atoms with Crippen LogP contribution in [0.2, 0.25) is 0 Å². The molecule has 0 saturated heterocycles. The Bertz CT molecular complexity index is 753. The van der Waals surface area contributed by atoms with Gasteiger partial charge in [-0.2, -0.15) is 0 Å². The summed E-state index contributed by atoms with van der Waals surface area (Å²) in [6.07, 6.45) is 0. The molecule has 0 atom stereocenters. The van der Waals surface area contributed by atoms with E-state index in [0.29, 0.717) is 13.3 Å². The molecule has 0 unspecified atom stereocenters. The first kappa shape index (κ1) is 17.5. The van der Waals surface area contributed by atoms with Crippen molar-refractivity contribution in [1.29, 1.82) is 0 Å². The lowest BCUT2D eigenvalue weighted by atomic mass is 10.2. The topological polar surface area (TPSA) is 59.0 Å². The maximum absolute atomic E-state index is 5.45. The van der Waals surface area contributed by atoms with Crippen LogP contribution in [0.1, 0.15) is 28.1 Å². The van der Waals surface area contributed by atoms with Gasteiger partial charge in [0.05, 0.1) is 12.2 Å². The lowest BCUT2D eigenvalue weighted by Gasteiger charge is -2.22. The number of guanidine groups is 1. The molecule has 25 heavy (non-hydrogen) atoms. The van der Waals surface area contributed by atoms with Crippen molar-refractivity contribution >= 4 is 17.3 Å². The zero-order valence-corrected chi connectivity index (χ0v) is 15.9. The average molecular weight is 360 g/mol. The Morgan fingerprint density at radius 2 is 2.12 bits per heavy atom. The van der Waals surface area contributed by atoms with Crippen LogP contribution in [0.5, 0.6) is 11.5 Å². The molecule has 1 aliphatic rings. The van der Waals surface area contributed by atoms with Crippen LogP contribution in [0.25, 0.3) is 0 Å². The first-order chi connectivity index (χ1) is 12.1. The summed E-state index contributed by atoms with van der Waals surface area (Å²) in [5.74, 6) is 2.48. The van der Waals surface area contributed by atoms with E-state index in [0.717, 1.165) is 46.8 Å². The summed E-state index contributed by atoms with van der Waals surface area (Å²) in [5, 5.41) is 4.39. The Morgan fingerprint density at radius 1 is 1.32 bits per heavy atom. The number of aliphatic imine (C=N–C) groups is 1. The van der Waals surface area contributed by atoms with E-state index in [9.17, 15) is 0 Å². The van der Waals surface area contributed by atoms with E-state index < -0.39 is 0 Å². The fourth-order valence-electron chi connectivity index (χ4n) is 2.61. The zero-order valence-electron chi connectivity index (χ0n) is 15.1. The summed E-state index contributed by atoms with van der Waals surface area (Å²) in [6, 6.07) is 6.04. The number of hydrogen-bond donors (Lipinski definition) is 1. The van der Waals surface area contributed by atoms with Gasteiger partial charge >= 0.3 is 0 Å². The molecule has 0 fully saturated rings. The molecule has 3 rings (SSSR count). The summed E-state index contributed by atoms with van der Waals surface area (Å²) >= 11 is 1.71. The Kier molecular flexibility index (Phi) is 5.43. The SMILES string of the molecule is CCNC(=NCc1nc(C)c(C)s1)N(C)Cc1ccc2c(c1)OCO2. The molecular formula is C18H24N4O2S. The first-order valence-electron chi connectivity index (χ1n) is 8.37. The molecule has 0 saturated carbocycles. The molecule has 7 heteroatoms. The molecule has 2 aromatic rings. The predicted molar refractivity (Wildman–Crippen MR) is 100 cm³/mol. The number of thiazole rings is 1. The lowest BCUT2D eigenvalue weighted by Crippen LogP contribution is -2.38. The summed E-state index contributed by atoms with van der Waals surface area (Å²) in [6.45, 7) is 8.64. The van der Waals surface area contributed by atoms with Crippen LogP contribution in [0, 0.1) is 13.8 Å². The number of benzene rings is 1. The average Bonchev–Trinajstić information content (AvgIpc) is 3.17. The number of aromatic nitrogens is 1. The lowest BCUT2D eigenvalue weighted by molar-refractivity contribution is 0.174. The van der Waals surface area contributed by atoms with Gasteiger partial charge in [-0.1, -0.05) is 6.07 Å². The third-order valence-electron chi connectivity index (χ3n) is 3.99. The van der Waals surface area contributed by atoms with Crippen molar-refractivity contribution < 1.29 is 9.47 Å². The van der Waals surface area contributed by atoms with Gasteiger partial charge in [-0.3, -0.25) is 0 Å². The fourth-order valence-corrected chi connectivity index (χ4v) is 3.47. The number of fused-ring (bicyclic) bond motifs is 1. The van der Waals surface area contributed by atoms with Crippen LogP contribution in [0.15, 0.2) is 23.2 Å². The minimum atomic E-state index is 0.297. The molecule has 0 radical (unpaired) electrons. The van der Waals surface area contributed by atoms with Gasteiger partial charge in [0, 0.05) is 25.0 Å². The molecule has 0 bridgehead atoms. The fraction of sp³-hybridized carbons (Fsp3) is 0.444. The van der Waals surface area contributed by atoms with E-state index in [4.69, 9.17) is 14.5 Å². The van der Waals surface area contributed by atoms with Gasteiger partial charge in [-0.05, 0) is 38.5 Å². The van der Waals surface area contributed by atoms with Crippen molar-refractivity contribution in [1.82, 2.24) is 15.2 Å².